The van der Waals surface area contributed by atoms with Gasteiger partial charge in [-0.15, -0.1) is 0 Å². The highest BCUT2D eigenvalue weighted by molar-refractivity contribution is 7.20. The Labute approximate surface area is 702 Å². The van der Waals surface area contributed by atoms with E-state index in [1.54, 1.807) is 0 Å². The molecule has 590 valence electrons. The maximum atomic E-state index is 6.68. The number of rotatable bonds is 37. The molecular formula is C97H130B2Cl8N2. The first-order chi connectivity index (χ1) is 52.2. The van der Waals surface area contributed by atoms with Crippen molar-refractivity contribution in [2.45, 2.75) is 238 Å². The summed E-state index contributed by atoms with van der Waals surface area (Å²) in [5.41, 5.74) is 18.2. The lowest BCUT2D eigenvalue weighted by atomic mass is 9.13. The Morgan fingerprint density at radius 1 is 0.229 bits per heavy atom. The fourth-order valence-corrected chi connectivity index (χ4v) is 17.4. The van der Waals surface area contributed by atoms with Crippen molar-refractivity contribution >= 4 is 149 Å². The molecule has 0 radical (unpaired) electrons. The van der Waals surface area contributed by atoms with Crippen LogP contribution in [0.5, 0.6) is 0 Å². The molecule has 0 aliphatic rings. The van der Waals surface area contributed by atoms with Gasteiger partial charge >= 0.3 is 0 Å². The molecule has 0 spiro atoms. The first-order valence-corrected chi connectivity index (χ1v) is 44.3. The van der Waals surface area contributed by atoms with Crippen LogP contribution in [0.15, 0.2) is 176 Å². The molecule has 12 heteroatoms. The van der Waals surface area contributed by atoms with E-state index in [1.165, 1.54) is 184 Å². The van der Waals surface area contributed by atoms with Gasteiger partial charge < -0.3 is 8.97 Å². The average Bonchev–Trinajstić information content (AvgIpc) is 0.732. The minimum absolute atomic E-state index is 0.716. The largest absolute Gasteiger partial charge is 0.325 e. The Balaban J connectivity index is 0.000000234. The zero-order chi connectivity index (χ0) is 79.7. The molecule has 0 heterocycles. The minimum atomic E-state index is -1.69. The van der Waals surface area contributed by atoms with Gasteiger partial charge in [0.15, 0.2) is 0 Å². The second-order valence-corrected chi connectivity index (χ2v) is 35.6. The molecule has 0 saturated heterocycles. The van der Waals surface area contributed by atoms with E-state index in [0.717, 1.165) is 99.2 Å². The van der Waals surface area contributed by atoms with Gasteiger partial charge in [0.25, 0.3) is 0 Å². The van der Waals surface area contributed by atoms with Gasteiger partial charge in [-0.1, -0.05) is 406 Å². The lowest BCUT2D eigenvalue weighted by Crippen LogP contribution is -2.74. The van der Waals surface area contributed by atoms with Crippen molar-refractivity contribution in [3.05, 3.63) is 266 Å². The Hall–Kier alpha value is -4.65. The van der Waals surface area contributed by atoms with Gasteiger partial charge in [-0.25, -0.2) is 0 Å². The Bertz CT molecular complexity index is 3560. The van der Waals surface area contributed by atoms with Crippen LogP contribution in [-0.4, -0.2) is 68.1 Å². The topological polar surface area (TPSA) is 0 Å². The zero-order valence-corrected chi connectivity index (χ0v) is 75.2. The summed E-state index contributed by atoms with van der Waals surface area (Å²) >= 11 is 53.5. The van der Waals surface area contributed by atoms with Crippen LogP contribution in [0.4, 0.5) is 0 Å². The molecule has 0 aliphatic carbocycles. The van der Waals surface area contributed by atoms with Crippen molar-refractivity contribution in [3.8, 4) is 0 Å². The quantitative estimate of drug-likeness (QED) is 0.0207. The van der Waals surface area contributed by atoms with E-state index in [4.69, 9.17) is 92.8 Å². The molecular weight excluding hydrogens is 1500 g/mol. The van der Waals surface area contributed by atoms with Crippen LogP contribution in [0.2, 0.25) is 40.2 Å². The van der Waals surface area contributed by atoms with Crippen LogP contribution in [0.3, 0.4) is 0 Å². The van der Waals surface area contributed by atoms with Gasteiger partial charge in [-0.3, -0.25) is 0 Å². The van der Waals surface area contributed by atoms with Crippen molar-refractivity contribution in [2.24, 2.45) is 0 Å². The summed E-state index contributed by atoms with van der Waals surface area (Å²) in [5, 5.41) is 5.73. The highest BCUT2D eigenvalue weighted by Gasteiger charge is 2.36. The molecule has 0 saturated carbocycles. The van der Waals surface area contributed by atoms with Crippen LogP contribution >= 0.6 is 92.8 Å². The Kier molecular flexibility index (Phi) is 40.4. The summed E-state index contributed by atoms with van der Waals surface area (Å²) in [6, 6.07) is 61.1. The smallest absolute Gasteiger partial charge is 0.108 e. The van der Waals surface area contributed by atoms with Crippen molar-refractivity contribution in [3.63, 3.8) is 0 Å². The Morgan fingerprint density at radius 3 is 0.615 bits per heavy atom. The predicted octanol–water partition coefficient (Wildman–Crippen LogP) is 26.6. The molecule has 0 aromatic heterocycles. The van der Waals surface area contributed by atoms with Crippen LogP contribution in [0.1, 0.15) is 226 Å². The number of benzene rings is 9. The van der Waals surface area contributed by atoms with Crippen molar-refractivity contribution in [1.29, 1.82) is 0 Å². The standard InChI is InChI=1S/2C28H24BCl4.C25H46N.C16H36N/c2*1-17-5-9-21(13-25(17)30)29(22-10-6-18(2)26(31)14-22,23-11-7-19(3)27(32)15-23)24-12-8-20(4)28(33)16-24;1-4-5-6-7-8-9-10-11-12-13-14-15-16-20-23-26(2,3)24-25-21-18-17-19-22-25;1-5-9-13-17(14-10-6-2,15-11-7-3)16-12-8-4/h2*5-16H,1-4H3;17-19,21-22H,4-16,20,23-24H2,1-3H3;5-16H2,1-4H3/q2*-1;2*+1. The number of nitrogens with zero attached hydrogens (tertiary/aromatic N) is 2. The van der Waals surface area contributed by atoms with Gasteiger partial charge in [-0.2, -0.15) is 43.7 Å². The molecule has 0 N–H and O–H groups in total. The van der Waals surface area contributed by atoms with Gasteiger partial charge in [-0.05, 0) is 138 Å². The maximum Gasteiger partial charge on any atom is 0.108 e. The minimum Gasteiger partial charge on any atom is -0.325 e. The molecule has 109 heavy (non-hydrogen) atoms. The number of unbranched alkanes of at least 4 members (excludes halogenated alkanes) is 17. The summed E-state index contributed by atoms with van der Waals surface area (Å²) in [6.45, 7) is 35.8. The van der Waals surface area contributed by atoms with Gasteiger partial charge in [0, 0.05) is 45.7 Å². The molecule has 0 atom stereocenters. The van der Waals surface area contributed by atoms with Crippen LogP contribution < -0.4 is 43.7 Å². The van der Waals surface area contributed by atoms with E-state index in [0.29, 0.717) is 40.2 Å². The summed E-state index contributed by atoms with van der Waals surface area (Å²) < 4.78 is 2.53. The Morgan fingerprint density at radius 2 is 0.422 bits per heavy atom. The van der Waals surface area contributed by atoms with Crippen molar-refractivity contribution < 1.29 is 8.97 Å². The number of halogens is 8. The molecule has 2 nitrogen and oxygen atoms in total. The van der Waals surface area contributed by atoms with E-state index in [9.17, 15) is 0 Å². The number of quaternary nitrogens is 2. The van der Waals surface area contributed by atoms with Crippen molar-refractivity contribution in [2.75, 3.05) is 46.8 Å². The van der Waals surface area contributed by atoms with Crippen molar-refractivity contribution in [1.82, 2.24) is 0 Å². The summed E-state index contributed by atoms with van der Waals surface area (Å²) in [4.78, 5) is 0. The molecule has 0 amide bonds. The van der Waals surface area contributed by atoms with E-state index < -0.39 is 12.3 Å². The first-order valence-electron chi connectivity index (χ1n) is 41.3. The highest BCUT2D eigenvalue weighted by atomic mass is 35.5. The number of aryl methyl sites for hydroxylation is 8. The maximum absolute atomic E-state index is 6.68. The predicted molar refractivity (Wildman–Crippen MR) is 495 cm³/mol. The third kappa shape index (κ3) is 27.3. The fourth-order valence-electron chi connectivity index (χ4n) is 15.9. The normalized spacial score (nSPS) is 11.7. The summed E-state index contributed by atoms with van der Waals surface area (Å²) in [6.07, 6.45) is 27.9. The lowest BCUT2D eigenvalue weighted by Gasteiger charge is -2.45. The highest BCUT2D eigenvalue weighted by Crippen LogP contribution is 2.28. The van der Waals surface area contributed by atoms with Crippen LogP contribution in [0.25, 0.3) is 0 Å². The number of hydrogen-bond acceptors (Lipinski definition) is 0. The fraction of sp³-hybridized carbons (Fsp3) is 0.443. The van der Waals surface area contributed by atoms with E-state index >= 15 is 0 Å². The molecule has 0 unspecified atom stereocenters. The zero-order valence-electron chi connectivity index (χ0n) is 69.1. The summed E-state index contributed by atoms with van der Waals surface area (Å²) in [5.74, 6) is 0. The molecule has 0 bridgehead atoms. The molecule has 0 fully saturated rings. The number of hydrogen-bond donors (Lipinski definition) is 0. The third-order valence-electron chi connectivity index (χ3n) is 23.1. The first kappa shape index (κ1) is 93.2. The molecule has 9 aromatic carbocycles. The van der Waals surface area contributed by atoms with Gasteiger partial charge in [0.1, 0.15) is 18.8 Å². The monoisotopic (exact) mass is 1620 g/mol. The van der Waals surface area contributed by atoms with E-state index in [1.807, 2.05) is 55.4 Å². The van der Waals surface area contributed by atoms with E-state index in [-0.39, 0.29) is 0 Å². The van der Waals surface area contributed by atoms with E-state index in [2.05, 4.69) is 225 Å². The second kappa shape index (κ2) is 47.3. The summed E-state index contributed by atoms with van der Waals surface area (Å²) in [7, 11) is 4.74. The molecule has 9 aromatic rings. The second-order valence-electron chi connectivity index (χ2n) is 32.4. The SMILES string of the molecule is CCCCCCCCCCCCCCCC[N+](C)(C)Cc1ccccc1.CCCC[N+](CCCC)(CCCC)CCCC.Cc1ccc([B-](c2ccc(C)c(Cl)c2)(c2ccc(C)c(Cl)c2)c2ccc(C)c(Cl)c2)cc1Cl.Cc1ccc([B-](c2ccc(C)c(Cl)c2)(c2ccc(C)c(Cl)c2)c2ccc(C)c(Cl)c2)cc1Cl. The average molecular weight is 1630 g/mol. The van der Waals surface area contributed by atoms with Crippen LogP contribution in [0, 0.1) is 55.4 Å². The van der Waals surface area contributed by atoms with Crippen LogP contribution in [-0.2, 0) is 6.54 Å². The molecule has 0 aliphatic heterocycles. The third-order valence-corrected chi connectivity index (χ3v) is 26.3. The van der Waals surface area contributed by atoms with Gasteiger partial charge in [0.05, 0.1) is 46.8 Å². The molecule has 9 rings (SSSR count). The van der Waals surface area contributed by atoms with Gasteiger partial charge in [0.2, 0.25) is 0 Å². The lowest BCUT2D eigenvalue weighted by molar-refractivity contribution is -0.929.